The number of aliphatic carboxylic acids is 1. The molecule has 1 heterocycles. The van der Waals surface area contributed by atoms with Crippen LogP contribution >= 0.6 is 0 Å². The number of carbonyl (C=O) groups excluding carboxylic acids is 1. The Bertz CT molecular complexity index is 807. The second-order valence-corrected chi connectivity index (χ2v) is 6.40. The molecule has 0 saturated heterocycles. The van der Waals surface area contributed by atoms with E-state index in [0.717, 1.165) is 11.3 Å². The maximum atomic E-state index is 12.4. The Hall–Kier alpha value is -2.89. The Labute approximate surface area is 145 Å². The lowest BCUT2D eigenvalue weighted by molar-refractivity contribution is -0.136. The van der Waals surface area contributed by atoms with E-state index in [1.807, 2.05) is 13.8 Å². The molecule has 2 aromatic rings. The lowest BCUT2D eigenvalue weighted by Crippen LogP contribution is -2.18. The van der Waals surface area contributed by atoms with E-state index in [9.17, 15) is 14.4 Å². The molecule has 6 heteroatoms. The number of pyridine rings is 1. The van der Waals surface area contributed by atoms with Crippen LogP contribution in [0.2, 0.25) is 0 Å². The smallest absolute Gasteiger partial charge is 0.303 e. The fraction of sp³-hybridized carbons (Fsp3) is 0.316. The summed E-state index contributed by atoms with van der Waals surface area (Å²) >= 11 is 0. The standard InChI is InChI=1S/C19H22N2O4/c1-12(2)9-16-10-14(11-17(22)20-16)19(25)21-15-6-3-13(4-7-15)5-8-18(23)24/h3-4,6-7,10-12H,5,8-9H2,1-2H3,(H,20,22)(H,21,25)(H,23,24). The van der Waals surface area contributed by atoms with Crippen molar-refractivity contribution in [1.82, 2.24) is 4.98 Å². The zero-order chi connectivity index (χ0) is 18.4. The average molecular weight is 342 g/mol. The molecule has 0 unspecified atom stereocenters. The van der Waals surface area contributed by atoms with E-state index in [0.29, 0.717) is 30.0 Å². The molecule has 0 bridgehead atoms. The van der Waals surface area contributed by atoms with Gasteiger partial charge in [0.2, 0.25) is 5.56 Å². The first-order chi connectivity index (χ1) is 11.8. The van der Waals surface area contributed by atoms with E-state index in [1.54, 1.807) is 30.3 Å². The highest BCUT2D eigenvalue weighted by molar-refractivity contribution is 6.04. The molecule has 6 nitrogen and oxygen atoms in total. The van der Waals surface area contributed by atoms with Crippen molar-refractivity contribution in [2.24, 2.45) is 5.92 Å². The molecule has 0 aliphatic heterocycles. The van der Waals surface area contributed by atoms with Gasteiger partial charge in [0.1, 0.15) is 0 Å². The number of H-pyrrole nitrogens is 1. The largest absolute Gasteiger partial charge is 0.481 e. The molecule has 0 radical (unpaired) electrons. The second-order valence-electron chi connectivity index (χ2n) is 6.40. The molecule has 0 atom stereocenters. The molecular formula is C19H22N2O4. The van der Waals surface area contributed by atoms with E-state index in [4.69, 9.17) is 5.11 Å². The minimum Gasteiger partial charge on any atom is -0.481 e. The zero-order valence-corrected chi connectivity index (χ0v) is 14.3. The summed E-state index contributed by atoms with van der Waals surface area (Å²) in [4.78, 5) is 37.4. The zero-order valence-electron chi connectivity index (χ0n) is 14.3. The Morgan fingerprint density at radius 2 is 1.84 bits per heavy atom. The van der Waals surface area contributed by atoms with Crippen LogP contribution in [0.25, 0.3) is 0 Å². The van der Waals surface area contributed by atoms with E-state index in [-0.39, 0.29) is 17.9 Å². The van der Waals surface area contributed by atoms with Crippen LogP contribution in [0.4, 0.5) is 5.69 Å². The van der Waals surface area contributed by atoms with Crippen LogP contribution in [-0.2, 0) is 17.6 Å². The normalized spacial score (nSPS) is 10.7. The molecule has 0 aliphatic rings. The van der Waals surface area contributed by atoms with Gasteiger partial charge in [-0.15, -0.1) is 0 Å². The van der Waals surface area contributed by atoms with Gasteiger partial charge in [-0.05, 0) is 42.5 Å². The summed E-state index contributed by atoms with van der Waals surface area (Å²) in [5.74, 6) is -0.828. The van der Waals surface area contributed by atoms with Crippen LogP contribution in [0, 0.1) is 5.92 Å². The summed E-state index contributed by atoms with van der Waals surface area (Å²) in [5.41, 5.74) is 2.23. The molecule has 1 amide bonds. The SMILES string of the molecule is CC(C)Cc1cc(C(=O)Nc2ccc(CCC(=O)O)cc2)cc(=O)[nH]1. The van der Waals surface area contributed by atoms with Crippen molar-refractivity contribution in [2.75, 3.05) is 5.32 Å². The lowest BCUT2D eigenvalue weighted by Gasteiger charge is -2.09. The van der Waals surface area contributed by atoms with Crippen molar-refractivity contribution in [3.8, 4) is 0 Å². The first kappa shape index (κ1) is 18.4. The number of anilines is 1. The number of nitrogens with one attached hydrogen (secondary N) is 2. The number of carboxylic acid groups (broad SMARTS) is 1. The predicted octanol–water partition coefficient (Wildman–Crippen LogP) is 2.84. The van der Waals surface area contributed by atoms with Crippen LogP contribution in [0.15, 0.2) is 41.2 Å². The van der Waals surface area contributed by atoms with Crippen molar-refractivity contribution >= 4 is 17.6 Å². The predicted molar refractivity (Wildman–Crippen MR) is 96.0 cm³/mol. The van der Waals surface area contributed by atoms with Crippen LogP contribution in [0.5, 0.6) is 0 Å². The first-order valence-corrected chi connectivity index (χ1v) is 8.19. The average Bonchev–Trinajstić information content (AvgIpc) is 2.53. The number of amides is 1. The van der Waals surface area contributed by atoms with Crippen molar-refractivity contribution in [1.29, 1.82) is 0 Å². The molecule has 25 heavy (non-hydrogen) atoms. The summed E-state index contributed by atoms with van der Waals surface area (Å²) in [6.45, 7) is 4.08. The van der Waals surface area contributed by atoms with Crippen LogP contribution in [0.1, 0.15) is 41.9 Å². The van der Waals surface area contributed by atoms with E-state index >= 15 is 0 Å². The highest BCUT2D eigenvalue weighted by atomic mass is 16.4. The monoisotopic (exact) mass is 342 g/mol. The minimum atomic E-state index is -0.844. The molecule has 132 valence electrons. The molecule has 0 aliphatic carbocycles. The highest BCUT2D eigenvalue weighted by Crippen LogP contribution is 2.13. The molecule has 0 saturated carbocycles. The number of benzene rings is 1. The van der Waals surface area contributed by atoms with E-state index < -0.39 is 5.97 Å². The number of aryl methyl sites for hydroxylation is 1. The molecule has 2 rings (SSSR count). The van der Waals surface area contributed by atoms with Crippen LogP contribution in [0.3, 0.4) is 0 Å². The van der Waals surface area contributed by atoms with Gasteiger partial charge >= 0.3 is 5.97 Å². The third kappa shape index (κ3) is 5.91. The number of carboxylic acids is 1. The van der Waals surface area contributed by atoms with Gasteiger partial charge < -0.3 is 15.4 Å². The molecule has 0 fully saturated rings. The molecule has 3 N–H and O–H groups in total. The third-order valence-electron chi connectivity index (χ3n) is 3.63. The fourth-order valence-corrected chi connectivity index (χ4v) is 2.49. The van der Waals surface area contributed by atoms with Gasteiger partial charge in [-0.3, -0.25) is 14.4 Å². The Kier molecular flexibility index (Phi) is 6.11. The van der Waals surface area contributed by atoms with Gasteiger partial charge in [0, 0.05) is 29.4 Å². The summed E-state index contributed by atoms with van der Waals surface area (Å²) in [6, 6.07) is 9.97. The van der Waals surface area contributed by atoms with Gasteiger partial charge in [0.25, 0.3) is 5.91 Å². The fourth-order valence-electron chi connectivity index (χ4n) is 2.49. The minimum absolute atomic E-state index is 0.0666. The van der Waals surface area contributed by atoms with Crippen molar-refractivity contribution in [3.05, 3.63) is 63.6 Å². The summed E-state index contributed by atoms with van der Waals surface area (Å²) < 4.78 is 0. The number of hydrogen-bond acceptors (Lipinski definition) is 3. The topological polar surface area (TPSA) is 99.3 Å². The third-order valence-corrected chi connectivity index (χ3v) is 3.63. The van der Waals surface area contributed by atoms with Crippen molar-refractivity contribution < 1.29 is 14.7 Å². The van der Waals surface area contributed by atoms with Gasteiger partial charge in [-0.25, -0.2) is 0 Å². The summed E-state index contributed by atoms with van der Waals surface area (Å²) in [6.07, 6.45) is 1.20. The Morgan fingerprint density at radius 3 is 2.44 bits per heavy atom. The van der Waals surface area contributed by atoms with Crippen LogP contribution < -0.4 is 10.9 Å². The van der Waals surface area contributed by atoms with E-state index in [1.165, 1.54) is 6.07 Å². The van der Waals surface area contributed by atoms with E-state index in [2.05, 4.69) is 10.3 Å². The first-order valence-electron chi connectivity index (χ1n) is 8.19. The highest BCUT2D eigenvalue weighted by Gasteiger charge is 2.10. The van der Waals surface area contributed by atoms with Crippen molar-refractivity contribution in [2.45, 2.75) is 33.1 Å². The van der Waals surface area contributed by atoms with Crippen molar-refractivity contribution in [3.63, 3.8) is 0 Å². The number of carbonyl (C=O) groups is 2. The lowest BCUT2D eigenvalue weighted by atomic mass is 10.1. The molecular weight excluding hydrogens is 320 g/mol. The van der Waals surface area contributed by atoms with Crippen LogP contribution in [-0.4, -0.2) is 22.0 Å². The number of rotatable bonds is 7. The summed E-state index contributed by atoms with van der Waals surface area (Å²) in [7, 11) is 0. The van der Waals surface area contributed by atoms with Gasteiger partial charge in [-0.1, -0.05) is 26.0 Å². The summed E-state index contributed by atoms with van der Waals surface area (Å²) in [5, 5.41) is 11.4. The maximum absolute atomic E-state index is 12.4. The number of aromatic nitrogens is 1. The molecule has 1 aromatic carbocycles. The van der Waals surface area contributed by atoms with Gasteiger partial charge in [0.05, 0.1) is 0 Å². The number of aromatic amines is 1. The van der Waals surface area contributed by atoms with Gasteiger partial charge in [-0.2, -0.15) is 0 Å². The maximum Gasteiger partial charge on any atom is 0.303 e. The Balaban J connectivity index is 2.07. The Morgan fingerprint density at radius 1 is 1.16 bits per heavy atom. The molecule has 0 spiro atoms. The quantitative estimate of drug-likeness (QED) is 0.720. The number of hydrogen-bond donors (Lipinski definition) is 3. The van der Waals surface area contributed by atoms with Gasteiger partial charge in [0.15, 0.2) is 0 Å². The molecule has 1 aromatic heterocycles. The second kappa shape index (κ2) is 8.28.